The smallest absolute Gasteiger partial charge is 0.158 e. The summed E-state index contributed by atoms with van der Waals surface area (Å²) in [5, 5.41) is 5.74. The summed E-state index contributed by atoms with van der Waals surface area (Å²) in [6, 6.07) is 6.97. The molecule has 28 heavy (non-hydrogen) atoms. The quantitative estimate of drug-likeness (QED) is 0.569. The van der Waals surface area contributed by atoms with E-state index in [1.165, 1.54) is 44.4 Å². The Bertz CT molecular complexity index is 1190. The lowest BCUT2D eigenvalue weighted by molar-refractivity contribution is 0.190. The van der Waals surface area contributed by atoms with Crippen molar-refractivity contribution in [3.8, 4) is 11.3 Å². The maximum atomic E-state index is 4.40. The molecule has 5 rings (SSSR count). The molecule has 144 valence electrons. The van der Waals surface area contributed by atoms with Gasteiger partial charge in [-0.2, -0.15) is 5.10 Å². The van der Waals surface area contributed by atoms with Gasteiger partial charge in [0, 0.05) is 41.7 Å². The Morgan fingerprint density at radius 1 is 1.14 bits per heavy atom. The van der Waals surface area contributed by atoms with E-state index in [1.54, 1.807) is 6.33 Å². The highest BCUT2D eigenvalue weighted by atomic mass is 15.3. The van der Waals surface area contributed by atoms with Crippen molar-refractivity contribution in [2.75, 3.05) is 20.1 Å². The van der Waals surface area contributed by atoms with E-state index in [-0.39, 0.29) is 0 Å². The van der Waals surface area contributed by atoms with Crippen LogP contribution in [0.15, 0.2) is 30.7 Å². The van der Waals surface area contributed by atoms with Gasteiger partial charge in [-0.3, -0.25) is 0 Å². The first-order chi connectivity index (χ1) is 13.4. The summed E-state index contributed by atoms with van der Waals surface area (Å²) in [6.07, 6.45) is 3.74. The summed E-state index contributed by atoms with van der Waals surface area (Å²) in [7, 11) is 2.19. The molecule has 5 heteroatoms. The zero-order chi connectivity index (χ0) is 19.6. The molecule has 0 aliphatic carbocycles. The van der Waals surface area contributed by atoms with Crippen molar-refractivity contribution in [2.45, 2.75) is 39.5 Å². The van der Waals surface area contributed by atoms with E-state index in [9.17, 15) is 0 Å². The minimum atomic E-state index is 0.425. The van der Waals surface area contributed by atoms with Crippen LogP contribution in [0.4, 0.5) is 0 Å². The van der Waals surface area contributed by atoms with Gasteiger partial charge in [0.25, 0.3) is 0 Å². The van der Waals surface area contributed by atoms with Crippen molar-refractivity contribution in [2.24, 2.45) is 0 Å². The number of aryl methyl sites for hydroxylation is 1. The van der Waals surface area contributed by atoms with Crippen molar-refractivity contribution in [3.05, 3.63) is 53.0 Å². The third kappa shape index (κ3) is 2.49. The van der Waals surface area contributed by atoms with E-state index >= 15 is 0 Å². The van der Waals surface area contributed by atoms with E-state index in [1.807, 2.05) is 4.52 Å². The lowest BCUT2D eigenvalue weighted by Gasteiger charge is -2.36. The van der Waals surface area contributed by atoms with Gasteiger partial charge in [-0.15, -0.1) is 0 Å². The number of H-pyrrole nitrogens is 1. The summed E-state index contributed by atoms with van der Waals surface area (Å²) in [5.74, 6) is 1.08. The molecule has 1 saturated heterocycles. The fourth-order valence-electron chi connectivity index (χ4n) is 4.66. The van der Waals surface area contributed by atoms with Gasteiger partial charge in [0.1, 0.15) is 6.33 Å². The zero-order valence-electron chi connectivity index (χ0n) is 17.2. The lowest BCUT2D eigenvalue weighted by Crippen LogP contribution is -2.41. The number of rotatable bonds is 3. The summed E-state index contributed by atoms with van der Waals surface area (Å²) in [6.45, 7) is 11.2. The number of likely N-dealkylation sites (N-methyl/N-ethyl adjacent to an activating group) is 1. The van der Waals surface area contributed by atoms with E-state index in [0.29, 0.717) is 11.8 Å². The molecule has 0 saturated carbocycles. The first kappa shape index (κ1) is 17.4. The number of hydrogen-bond donors (Lipinski definition) is 1. The Kier molecular flexibility index (Phi) is 3.85. The van der Waals surface area contributed by atoms with Crippen LogP contribution >= 0.6 is 0 Å². The maximum Gasteiger partial charge on any atom is 0.158 e. The molecule has 1 fully saturated rings. The summed E-state index contributed by atoms with van der Waals surface area (Å²) < 4.78 is 1.89. The predicted octanol–water partition coefficient (Wildman–Crippen LogP) is 4.65. The molecule has 4 aromatic rings. The van der Waals surface area contributed by atoms with Gasteiger partial charge >= 0.3 is 0 Å². The minimum absolute atomic E-state index is 0.425. The monoisotopic (exact) mass is 373 g/mol. The van der Waals surface area contributed by atoms with Gasteiger partial charge in [-0.05, 0) is 61.2 Å². The fourth-order valence-corrected chi connectivity index (χ4v) is 4.66. The first-order valence-electron chi connectivity index (χ1n) is 10.1. The van der Waals surface area contributed by atoms with Gasteiger partial charge in [0.2, 0.25) is 0 Å². The second-order valence-electron chi connectivity index (χ2n) is 8.61. The van der Waals surface area contributed by atoms with Crippen LogP contribution in [0.5, 0.6) is 0 Å². The number of aromatic amines is 1. The normalized spacial score (nSPS) is 15.8. The number of fused-ring (bicyclic) bond motifs is 2. The van der Waals surface area contributed by atoms with Crippen LogP contribution in [0.2, 0.25) is 0 Å². The van der Waals surface area contributed by atoms with Crippen LogP contribution < -0.4 is 0 Å². The minimum Gasteiger partial charge on any atom is -0.354 e. The largest absolute Gasteiger partial charge is 0.354 e. The highest BCUT2D eigenvalue weighted by Crippen LogP contribution is 2.39. The Labute approximate surface area is 165 Å². The molecule has 4 heterocycles. The molecular weight excluding hydrogens is 346 g/mol. The molecule has 0 radical (unpaired) electrons. The van der Waals surface area contributed by atoms with Gasteiger partial charge in [-0.25, -0.2) is 9.50 Å². The fraction of sp³-hybridized carbons (Fsp3) is 0.391. The second kappa shape index (κ2) is 6.17. The van der Waals surface area contributed by atoms with Gasteiger partial charge in [0.15, 0.2) is 5.65 Å². The van der Waals surface area contributed by atoms with Crippen LogP contribution in [0.1, 0.15) is 47.9 Å². The third-order valence-electron chi connectivity index (χ3n) is 6.37. The molecule has 1 aliphatic heterocycles. The topological polar surface area (TPSA) is 49.2 Å². The summed E-state index contributed by atoms with van der Waals surface area (Å²) >= 11 is 0. The van der Waals surface area contributed by atoms with Crippen LogP contribution in [-0.4, -0.2) is 44.6 Å². The van der Waals surface area contributed by atoms with E-state index in [0.717, 1.165) is 18.7 Å². The number of hydrogen-bond acceptors (Lipinski definition) is 3. The Hall–Kier alpha value is -2.66. The summed E-state index contributed by atoms with van der Waals surface area (Å²) in [5.41, 5.74) is 9.86. The zero-order valence-corrected chi connectivity index (χ0v) is 17.2. The number of nitrogens with zero attached hydrogens (tertiary/aromatic N) is 4. The van der Waals surface area contributed by atoms with Gasteiger partial charge in [0.05, 0.1) is 5.69 Å². The average Bonchev–Trinajstić information content (AvgIpc) is 3.25. The van der Waals surface area contributed by atoms with E-state index in [4.69, 9.17) is 0 Å². The number of benzene rings is 1. The first-order valence-corrected chi connectivity index (χ1v) is 10.1. The Balaban J connectivity index is 1.73. The van der Waals surface area contributed by atoms with Crippen molar-refractivity contribution in [1.29, 1.82) is 0 Å². The Morgan fingerprint density at radius 2 is 1.93 bits per heavy atom. The highest BCUT2D eigenvalue weighted by Gasteiger charge is 2.26. The molecule has 0 spiro atoms. The van der Waals surface area contributed by atoms with Crippen molar-refractivity contribution in [3.63, 3.8) is 0 Å². The molecule has 0 atom stereocenters. The number of aromatic nitrogens is 4. The SMILES string of the molecule is Cc1c(-c2[nH]c3ccc(C4CN(C)C4)cc3c2C(C)C)cn2ncnc2c1C. The van der Waals surface area contributed by atoms with Gasteiger partial charge in [-0.1, -0.05) is 19.9 Å². The van der Waals surface area contributed by atoms with Crippen molar-refractivity contribution < 1.29 is 0 Å². The van der Waals surface area contributed by atoms with Crippen molar-refractivity contribution >= 4 is 16.6 Å². The molecule has 5 nitrogen and oxygen atoms in total. The predicted molar refractivity (Wildman–Crippen MR) is 114 cm³/mol. The maximum absolute atomic E-state index is 4.40. The van der Waals surface area contributed by atoms with Crippen LogP contribution in [0, 0.1) is 13.8 Å². The second-order valence-corrected chi connectivity index (χ2v) is 8.61. The van der Waals surface area contributed by atoms with Gasteiger partial charge < -0.3 is 9.88 Å². The average molecular weight is 374 g/mol. The molecule has 0 amide bonds. The molecule has 0 bridgehead atoms. The van der Waals surface area contributed by atoms with Crippen LogP contribution in [-0.2, 0) is 0 Å². The van der Waals surface area contributed by atoms with Crippen LogP contribution in [0.25, 0.3) is 27.8 Å². The third-order valence-corrected chi connectivity index (χ3v) is 6.37. The Morgan fingerprint density at radius 3 is 2.64 bits per heavy atom. The number of likely N-dealkylation sites (tertiary alicyclic amines) is 1. The molecule has 1 aliphatic rings. The number of pyridine rings is 1. The molecule has 0 unspecified atom stereocenters. The molecule has 1 N–H and O–H groups in total. The van der Waals surface area contributed by atoms with Crippen molar-refractivity contribution in [1.82, 2.24) is 24.5 Å². The standard InChI is InChI=1S/C23H27N5/c1-13(2)21-18-8-16(17-9-27(5)10-17)6-7-20(18)26-22(21)19-11-28-23(24-12-25-28)15(4)14(19)3/h6-8,11-13,17,26H,9-10H2,1-5H3. The summed E-state index contributed by atoms with van der Waals surface area (Å²) in [4.78, 5) is 10.5. The lowest BCUT2D eigenvalue weighted by atomic mass is 9.89. The molecule has 1 aromatic carbocycles. The van der Waals surface area contributed by atoms with Crippen LogP contribution in [0.3, 0.4) is 0 Å². The molecule has 3 aromatic heterocycles. The highest BCUT2D eigenvalue weighted by molar-refractivity contribution is 5.92. The number of nitrogens with one attached hydrogen (secondary N) is 1. The van der Waals surface area contributed by atoms with E-state index in [2.05, 4.69) is 79.1 Å². The van der Waals surface area contributed by atoms with E-state index < -0.39 is 0 Å². The molecular formula is C23H27N5.